The Hall–Kier alpha value is -1.40. The van der Waals surface area contributed by atoms with Crippen molar-refractivity contribution in [2.45, 2.75) is 11.8 Å². The topological polar surface area (TPSA) is 86.5 Å². The smallest absolute Gasteiger partial charge is 0.309 e. The van der Waals surface area contributed by atoms with Gasteiger partial charge in [-0.05, 0) is 11.1 Å². The number of rotatable bonds is 4. The minimum absolute atomic E-state index is 0.158. The number of hydrogen-bond donors (Lipinski definition) is 1. The minimum atomic E-state index is -3.31. The van der Waals surface area contributed by atoms with E-state index >= 15 is 0 Å². The molecule has 0 aliphatic heterocycles. The lowest BCUT2D eigenvalue weighted by molar-refractivity contribution is -0.139. The Morgan fingerprint density at radius 1 is 1.35 bits per heavy atom. The average Bonchev–Trinajstić information content (AvgIpc) is 2.27. The first-order valence-corrected chi connectivity index (χ1v) is 6.90. The summed E-state index contributed by atoms with van der Waals surface area (Å²) in [5, 5.41) is -1.03. The molecule has 0 amide bonds. The third-order valence-corrected chi connectivity index (χ3v) is 3.54. The molecular weight excluding hydrogens is 242 g/mol. The number of carbonyl (C=O) groups excluding carboxylic acids is 1. The van der Waals surface area contributed by atoms with Crippen molar-refractivity contribution in [3.05, 3.63) is 35.4 Å². The zero-order valence-corrected chi connectivity index (χ0v) is 10.5. The molecule has 0 aliphatic rings. The Labute approximate surface area is 100 Å². The molecule has 0 saturated carbocycles. The van der Waals surface area contributed by atoms with Crippen molar-refractivity contribution in [3.63, 3.8) is 0 Å². The predicted molar refractivity (Wildman–Crippen MR) is 63.9 cm³/mol. The van der Waals surface area contributed by atoms with Crippen LogP contribution in [0.2, 0.25) is 0 Å². The first-order chi connectivity index (χ1) is 7.84. The van der Waals surface area contributed by atoms with Crippen LogP contribution in [0.3, 0.4) is 0 Å². The summed E-state index contributed by atoms with van der Waals surface area (Å²) in [4.78, 5) is 11.0. The normalized spacial score (nSPS) is 13.1. The van der Waals surface area contributed by atoms with E-state index in [2.05, 4.69) is 4.74 Å². The lowest BCUT2D eigenvalue weighted by atomic mass is 10.1. The second kappa shape index (κ2) is 5.29. The van der Waals surface area contributed by atoms with Crippen molar-refractivity contribution < 1.29 is 17.9 Å². The predicted octanol–water partition coefficient (Wildman–Crippen LogP) is 0.404. The largest absolute Gasteiger partial charge is 0.469 e. The molecule has 0 aliphatic carbocycles. The Morgan fingerprint density at radius 3 is 2.29 bits per heavy atom. The number of benzene rings is 1. The summed E-state index contributed by atoms with van der Waals surface area (Å²) < 4.78 is 27.0. The molecule has 5 nitrogen and oxygen atoms in total. The monoisotopic (exact) mass is 257 g/mol. The third kappa shape index (κ3) is 3.83. The van der Waals surface area contributed by atoms with Gasteiger partial charge in [0.05, 0.1) is 13.5 Å². The highest BCUT2D eigenvalue weighted by Gasteiger charge is 2.17. The van der Waals surface area contributed by atoms with Crippen LogP contribution in [0.25, 0.3) is 0 Å². The van der Waals surface area contributed by atoms with E-state index in [4.69, 9.17) is 5.73 Å². The molecule has 0 spiro atoms. The van der Waals surface area contributed by atoms with Crippen LogP contribution in [0.5, 0.6) is 0 Å². The summed E-state index contributed by atoms with van der Waals surface area (Å²) in [5.41, 5.74) is 6.82. The molecule has 1 atom stereocenters. The molecule has 0 aromatic heterocycles. The fraction of sp³-hybridized carbons (Fsp3) is 0.364. The van der Waals surface area contributed by atoms with Crippen molar-refractivity contribution >= 4 is 15.8 Å². The molecule has 0 fully saturated rings. The van der Waals surface area contributed by atoms with E-state index in [0.29, 0.717) is 5.56 Å². The number of nitrogens with two attached hydrogens (primary N) is 1. The summed E-state index contributed by atoms with van der Waals surface area (Å²) >= 11 is 0. The first-order valence-electron chi connectivity index (χ1n) is 4.94. The van der Waals surface area contributed by atoms with Crippen LogP contribution in [0.15, 0.2) is 24.3 Å². The number of hydrogen-bond acceptors (Lipinski definition) is 5. The minimum Gasteiger partial charge on any atom is -0.469 e. The van der Waals surface area contributed by atoms with E-state index in [-0.39, 0.29) is 12.4 Å². The molecule has 0 saturated heterocycles. The second-order valence-corrected chi connectivity index (χ2v) is 5.91. The van der Waals surface area contributed by atoms with Crippen molar-refractivity contribution in [2.75, 3.05) is 13.4 Å². The molecule has 0 radical (unpaired) electrons. The Bertz CT molecular complexity index is 493. The van der Waals surface area contributed by atoms with E-state index in [1.54, 1.807) is 24.3 Å². The maximum absolute atomic E-state index is 11.2. The Kier molecular flexibility index (Phi) is 4.25. The SMILES string of the molecule is COC(=O)Cc1ccc(C(N)S(C)(=O)=O)cc1. The van der Waals surface area contributed by atoms with Crippen LogP contribution >= 0.6 is 0 Å². The zero-order valence-electron chi connectivity index (χ0n) is 9.71. The van der Waals surface area contributed by atoms with Gasteiger partial charge in [-0.3, -0.25) is 4.79 Å². The Balaban J connectivity index is 2.85. The summed E-state index contributed by atoms with van der Waals surface area (Å²) in [7, 11) is -1.99. The van der Waals surface area contributed by atoms with Gasteiger partial charge in [-0.25, -0.2) is 8.42 Å². The fourth-order valence-electron chi connectivity index (χ4n) is 1.31. The number of methoxy groups -OCH3 is 1. The van der Waals surface area contributed by atoms with E-state index in [1.807, 2.05) is 0 Å². The van der Waals surface area contributed by atoms with Crippen LogP contribution in [0.1, 0.15) is 16.5 Å². The zero-order chi connectivity index (χ0) is 13.1. The molecule has 1 unspecified atom stereocenters. The fourth-order valence-corrected chi connectivity index (χ4v) is 1.96. The van der Waals surface area contributed by atoms with Gasteiger partial charge in [-0.1, -0.05) is 24.3 Å². The highest BCUT2D eigenvalue weighted by Crippen LogP contribution is 2.16. The molecule has 1 aromatic rings. The van der Waals surface area contributed by atoms with Crippen LogP contribution < -0.4 is 5.73 Å². The highest BCUT2D eigenvalue weighted by atomic mass is 32.2. The molecule has 94 valence electrons. The standard InChI is InChI=1S/C11H15NO4S/c1-16-10(13)7-8-3-5-9(6-4-8)11(12)17(2,14)15/h3-6,11H,7,12H2,1-2H3. The van der Waals surface area contributed by atoms with Gasteiger partial charge in [0, 0.05) is 6.26 Å². The molecule has 0 heterocycles. The van der Waals surface area contributed by atoms with E-state index in [1.165, 1.54) is 7.11 Å². The molecule has 0 bridgehead atoms. The van der Waals surface area contributed by atoms with Gasteiger partial charge in [0.15, 0.2) is 9.84 Å². The maximum Gasteiger partial charge on any atom is 0.309 e. The van der Waals surface area contributed by atoms with Gasteiger partial charge >= 0.3 is 5.97 Å². The van der Waals surface area contributed by atoms with Gasteiger partial charge in [0.25, 0.3) is 0 Å². The Morgan fingerprint density at radius 2 is 1.88 bits per heavy atom. The number of sulfone groups is 1. The first kappa shape index (κ1) is 13.7. The van der Waals surface area contributed by atoms with Crippen LogP contribution in [-0.2, 0) is 25.8 Å². The van der Waals surface area contributed by atoms with Gasteiger partial charge in [0.2, 0.25) is 0 Å². The van der Waals surface area contributed by atoms with E-state index in [0.717, 1.165) is 11.8 Å². The maximum atomic E-state index is 11.2. The molecule has 1 aromatic carbocycles. The van der Waals surface area contributed by atoms with Crippen molar-refractivity contribution in [1.82, 2.24) is 0 Å². The van der Waals surface area contributed by atoms with Gasteiger partial charge < -0.3 is 10.5 Å². The number of esters is 1. The quantitative estimate of drug-likeness (QED) is 0.789. The molecule has 6 heteroatoms. The van der Waals surface area contributed by atoms with Gasteiger partial charge in [0.1, 0.15) is 5.37 Å². The molecular formula is C11H15NO4S. The van der Waals surface area contributed by atoms with Crippen LogP contribution in [-0.4, -0.2) is 27.8 Å². The lowest BCUT2D eigenvalue weighted by Crippen LogP contribution is -2.20. The van der Waals surface area contributed by atoms with Crippen molar-refractivity contribution in [1.29, 1.82) is 0 Å². The molecule has 1 rings (SSSR count). The summed E-state index contributed by atoms with van der Waals surface area (Å²) in [5.74, 6) is -0.342. The summed E-state index contributed by atoms with van der Waals surface area (Å²) in [6, 6.07) is 6.53. The van der Waals surface area contributed by atoms with Gasteiger partial charge in [-0.15, -0.1) is 0 Å². The van der Waals surface area contributed by atoms with E-state index < -0.39 is 15.2 Å². The average molecular weight is 257 g/mol. The highest BCUT2D eigenvalue weighted by molar-refractivity contribution is 7.90. The van der Waals surface area contributed by atoms with Crippen LogP contribution in [0.4, 0.5) is 0 Å². The summed E-state index contributed by atoms with van der Waals surface area (Å²) in [6.07, 6.45) is 1.24. The van der Waals surface area contributed by atoms with E-state index in [9.17, 15) is 13.2 Å². The van der Waals surface area contributed by atoms with Crippen molar-refractivity contribution in [2.24, 2.45) is 5.73 Å². The van der Waals surface area contributed by atoms with Crippen molar-refractivity contribution in [3.8, 4) is 0 Å². The summed E-state index contributed by atoms with van der Waals surface area (Å²) in [6.45, 7) is 0. The molecule has 2 N–H and O–H groups in total. The molecule has 17 heavy (non-hydrogen) atoms. The van der Waals surface area contributed by atoms with Crippen LogP contribution in [0, 0.1) is 0 Å². The van der Waals surface area contributed by atoms with Gasteiger partial charge in [-0.2, -0.15) is 0 Å². The lowest BCUT2D eigenvalue weighted by Gasteiger charge is -2.10. The number of ether oxygens (including phenoxy) is 1. The second-order valence-electron chi connectivity index (χ2n) is 3.74. The third-order valence-electron chi connectivity index (χ3n) is 2.35. The number of carbonyl (C=O) groups is 1.